The van der Waals surface area contributed by atoms with Crippen LogP contribution in [-0.2, 0) is 0 Å². The van der Waals surface area contributed by atoms with E-state index in [0.29, 0.717) is 16.8 Å². The highest BCUT2D eigenvalue weighted by Gasteiger charge is 2.12. The van der Waals surface area contributed by atoms with Crippen LogP contribution in [0, 0.1) is 5.82 Å². The number of phenolic OH excluding ortho intramolecular Hbond substituents is 1. The molecular formula is C20H14FN3O2. The van der Waals surface area contributed by atoms with Crippen molar-refractivity contribution in [2.75, 3.05) is 0 Å². The van der Waals surface area contributed by atoms with Crippen molar-refractivity contribution in [3.05, 3.63) is 79.5 Å². The minimum Gasteiger partial charge on any atom is -0.507 e. The minimum absolute atomic E-state index is 0.121. The molecule has 6 heteroatoms. The van der Waals surface area contributed by atoms with Gasteiger partial charge >= 0.3 is 0 Å². The van der Waals surface area contributed by atoms with Gasteiger partial charge in [0.2, 0.25) is 0 Å². The van der Waals surface area contributed by atoms with Crippen molar-refractivity contribution in [1.29, 1.82) is 0 Å². The summed E-state index contributed by atoms with van der Waals surface area (Å²) >= 11 is 0. The Balaban J connectivity index is 1.78. The molecule has 0 bridgehead atoms. The van der Waals surface area contributed by atoms with Crippen molar-refractivity contribution < 1.29 is 14.3 Å². The number of nitrogens with zero attached hydrogens (tertiary/aromatic N) is 3. The average Bonchev–Trinajstić information content (AvgIpc) is 3.27. The zero-order valence-corrected chi connectivity index (χ0v) is 13.6. The Hall–Kier alpha value is -3.67. The van der Waals surface area contributed by atoms with Crippen LogP contribution in [0.4, 0.5) is 4.39 Å². The second-order valence-corrected chi connectivity index (χ2v) is 5.80. The van der Waals surface area contributed by atoms with E-state index in [-0.39, 0.29) is 17.2 Å². The third-order valence-corrected chi connectivity index (χ3v) is 4.16. The maximum atomic E-state index is 14.1. The van der Waals surface area contributed by atoms with Crippen LogP contribution in [0.25, 0.3) is 27.7 Å². The molecule has 26 heavy (non-hydrogen) atoms. The van der Waals surface area contributed by atoms with E-state index in [2.05, 4.69) is 11.7 Å². The number of allylic oxidation sites excluding steroid dienone is 1. The van der Waals surface area contributed by atoms with Crippen LogP contribution in [0.15, 0.2) is 73.7 Å². The van der Waals surface area contributed by atoms with Crippen LogP contribution in [0.2, 0.25) is 0 Å². The van der Waals surface area contributed by atoms with Crippen LogP contribution in [0.3, 0.4) is 0 Å². The molecule has 2 aromatic carbocycles. The summed E-state index contributed by atoms with van der Waals surface area (Å²) in [5, 5.41) is 15.3. The van der Waals surface area contributed by atoms with E-state index < -0.39 is 5.82 Å². The molecule has 2 heterocycles. The van der Waals surface area contributed by atoms with Gasteiger partial charge in [0.25, 0.3) is 5.91 Å². The lowest BCUT2D eigenvalue weighted by Gasteiger charge is -2.05. The van der Waals surface area contributed by atoms with Crippen molar-refractivity contribution >= 4 is 16.8 Å². The number of phenols is 1. The van der Waals surface area contributed by atoms with Gasteiger partial charge in [0.1, 0.15) is 11.6 Å². The molecule has 4 rings (SSSR count). The third kappa shape index (κ3) is 2.57. The zero-order valence-electron chi connectivity index (χ0n) is 13.6. The molecule has 0 unspecified atom stereocenters. The summed E-state index contributed by atoms with van der Waals surface area (Å²) in [7, 11) is 0. The monoisotopic (exact) mass is 347 g/mol. The van der Waals surface area contributed by atoms with E-state index in [0.717, 1.165) is 5.39 Å². The summed E-state index contributed by atoms with van der Waals surface area (Å²) in [6, 6.07) is 11.2. The summed E-state index contributed by atoms with van der Waals surface area (Å²) in [5.41, 5.74) is 2.05. The van der Waals surface area contributed by atoms with Gasteiger partial charge in [-0.15, -0.1) is 0 Å². The number of carbonyl (C=O) groups is 1. The molecule has 0 atom stereocenters. The first-order valence-corrected chi connectivity index (χ1v) is 7.89. The van der Waals surface area contributed by atoms with Crippen LogP contribution in [-0.4, -0.2) is 25.4 Å². The van der Waals surface area contributed by atoms with Gasteiger partial charge in [0.05, 0.1) is 16.8 Å². The van der Waals surface area contributed by atoms with Crippen molar-refractivity contribution in [2.24, 2.45) is 0 Å². The molecule has 5 nitrogen and oxygen atoms in total. The summed E-state index contributed by atoms with van der Waals surface area (Å²) < 4.78 is 17.1. The highest BCUT2D eigenvalue weighted by atomic mass is 19.1. The normalized spacial score (nSPS) is 11.0. The second kappa shape index (κ2) is 6.00. The summed E-state index contributed by atoms with van der Waals surface area (Å²) in [5.74, 6) is -0.849. The Kier molecular flexibility index (Phi) is 3.65. The Morgan fingerprint density at radius 2 is 2.04 bits per heavy atom. The van der Waals surface area contributed by atoms with Gasteiger partial charge in [0, 0.05) is 24.0 Å². The van der Waals surface area contributed by atoms with Gasteiger partial charge in [-0.1, -0.05) is 24.8 Å². The third-order valence-electron chi connectivity index (χ3n) is 4.16. The number of halogens is 1. The molecule has 1 N–H and O–H groups in total. The Morgan fingerprint density at radius 1 is 1.19 bits per heavy atom. The highest BCUT2D eigenvalue weighted by Crippen LogP contribution is 2.33. The number of aromatic nitrogens is 3. The quantitative estimate of drug-likeness (QED) is 0.566. The number of aromatic hydroxyl groups is 1. The van der Waals surface area contributed by atoms with Crippen LogP contribution in [0.1, 0.15) is 4.79 Å². The van der Waals surface area contributed by atoms with Gasteiger partial charge in [-0.05, 0) is 35.9 Å². The lowest BCUT2D eigenvalue weighted by molar-refractivity contribution is 0.0969. The predicted molar refractivity (Wildman–Crippen MR) is 96.9 cm³/mol. The van der Waals surface area contributed by atoms with Gasteiger partial charge in [0.15, 0.2) is 0 Å². The summed E-state index contributed by atoms with van der Waals surface area (Å²) in [6.07, 6.45) is 6.34. The highest BCUT2D eigenvalue weighted by molar-refractivity contribution is 5.89. The van der Waals surface area contributed by atoms with E-state index in [9.17, 15) is 14.3 Å². The minimum atomic E-state index is -0.496. The molecule has 128 valence electrons. The maximum absolute atomic E-state index is 14.1. The SMILES string of the molecule is C=CC(=O)n1ccc(-n2cc3ccc(-c4c(O)cccc4F)cc3n2)c1. The fourth-order valence-electron chi connectivity index (χ4n) is 2.87. The molecule has 0 aliphatic carbocycles. The number of hydrogen-bond acceptors (Lipinski definition) is 3. The molecule has 0 spiro atoms. The zero-order chi connectivity index (χ0) is 18.3. The van der Waals surface area contributed by atoms with Gasteiger partial charge in [-0.25, -0.2) is 9.07 Å². The van der Waals surface area contributed by atoms with E-state index in [1.54, 1.807) is 35.3 Å². The van der Waals surface area contributed by atoms with E-state index in [1.807, 2.05) is 12.3 Å². The predicted octanol–water partition coefficient (Wildman–Crippen LogP) is 4.16. The van der Waals surface area contributed by atoms with E-state index >= 15 is 0 Å². The smallest absolute Gasteiger partial charge is 0.254 e. The van der Waals surface area contributed by atoms with Gasteiger partial charge < -0.3 is 5.11 Å². The molecule has 0 aliphatic heterocycles. The molecule has 0 fully saturated rings. The molecule has 2 aromatic heterocycles. The van der Waals surface area contributed by atoms with Crippen LogP contribution >= 0.6 is 0 Å². The standard InChI is InChI=1S/C20H14FN3O2/c1-2-19(26)23-9-8-15(12-23)24-11-14-7-6-13(10-17(14)22-24)20-16(21)4-3-5-18(20)25/h2-12,25H,1H2. The molecule has 0 amide bonds. The summed E-state index contributed by atoms with van der Waals surface area (Å²) in [4.78, 5) is 11.7. The molecule has 0 saturated carbocycles. The number of fused-ring (bicyclic) bond motifs is 1. The van der Waals surface area contributed by atoms with Gasteiger partial charge in [-0.3, -0.25) is 9.36 Å². The first-order chi connectivity index (χ1) is 12.6. The Morgan fingerprint density at radius 3 is 2.81 bits per heavy atom. The first kappa shape index (κ1) is 15.8. The topological polar surface area (TPSA) is 60.0 Å². The largest absolute Gasteiger partial charge is 0.507 e. The Labute approximate surface area is 148 Å². The van der Waals surface area contributed by atoms with Gasteiger partial charge in [-0.2, -0.15) is 5.10 Å². The second-order valence-electron chi connectivity index (χ2n) is 5.80. The number of carbonyl (C=O) groups excluding carboxylic acids is 1. The van der Waals surface area contributed by atoms with Crippen molar-refractivity contribution in [3.63, 3.8) is 0 Å². The van der Waals surface area contributed by atoms with Crippen LogP contribution < -0.4 is 0 Å². The van der Waals surface area contributed by atoms with Crippen molar-refractivity contribution in [3.8, 4) is 22.6 Å². The molecule has 4 aromatic rings. The van der Waals surface area contributed by atoms with E-state index in [1.165, 1.54) is 28.8 Å². The number of hydrogen-bond donors (Lipinski definition) is 1. The molecule has 0 radical (unpaired) electrons. The molecule has 0 saturated heterocycles. The molecular weight excluding hydrogens is 333 g/mol. The average molecular weight is 347 g/mol. The Bertz CT molecular complexity index is 1140. The number of rotatable bonds is 3. The van der Waals surface area contributed by atoms with Crippen molar-refractivity contribution in [2.45, 2.75) is 0 Å². The number of benzene rings is 2. The van der Waals surface area contributed by atoms with E-state index in [4.69, 9.17) is 0 Å². The lowest BCUT2D eigenvalue weighted by atomic mass is 10.0. The fraction of sp³-hybridized carbons (Fsp3) is 0. The summed E-state index contributed by atoms with van der Waals surface area (Å²) in [6.45, 7) is 3.46. The fourth-order valence-corrected chi connectivity index (χ4v) is 2.87. The first-order valence-electron chi connectivity index (χ1n) is 7.89. The molecule has 0 aliphatic rings. The maximum Gasteiger partial charge on any atom is 0.254 e. The lowest BCUT2D eigenvalue weighted by Crippen LogP contribution is -2.03. The van der Waals surface area contributed by atoms with Crippen LogP contribution in [0.5, 0.6) is 5.75 Å². The van der Waals surface area contributed by atoms with Crippen molar-refractivity contribution in [1.82, 2.24) is 14.3 Å².